The standard InChI is InChI=1S/C12H8ClN3S/c1-7-3-2-5-14-9(7)11-15-10(13)8-4-6-17-12(8)16-11/h2-6H,1H3. The number of hydrogen-bond donors (Lipinski definition) is 0. The van der Waals surface area contributed by atoms with Gasteiger partial charge in [0.1, 0.15) is 15.7 Å². The number of rotatable bonds is 1. The molecule has 5 heteroatoms. The Morgan fingerprint density at radius 1 is 1.24 bits per heavy atom. The Bertz CT molecular complexity index is 693. The summed E-state index contributed by atoms with van der Waals surface area (Å²) in [4.78, 5) is 14.0. The minimum absolute atomic E-state index is 0.483. The molecule has 3 aromatic heterocycles. The van der Waals surface area contributed by atoms with Gasteiger partial charge in [-0.2, -0.15) is 0 Å². The molecule has 0 spiro atoms. The molecule has 0 fully saturated rings. The Morgan fingerprint density at radius 2 is 2.12 bits per heavy atom. The second kappa shape index (κ2) is 4.05. The van der Waals surface area contributed by atoms with Gasteiger partial charge in [-0.3, -0.25) is 4.98 Å². The summed E-state index contributed by atoms with van der Waals surface area (Å²) in [6.45, 7) is 1.98. The van der Waals surface area contributed by atoms with Gasteiger partial charge in [0.15, 0.2) is 5.82 Å². The van der Waals surface area contributed by atoms with Crippen molar-refractivity contribution < 1.29 is 0 Å². The second-order valence-electron chi connectivity index (χ2n) is 3.65. The van der Waals surface area contributed by atoms with Crippen molar-refractivity contribution >= 4 is 33.2 Å². The maximum Gasteiger partial charge on any atom is 0.181 e. The second-order valence-corrected chi connectivity index (χ2v) is 4.90. The van der Waals surface area contributed by atoms with Crippen LogP contribution in [-0.4, -0.2) is 15.0 Å². The first kappa shape index (κ1) is 10.6. The topological polar surface area (TPSA) is 38.7 Å². The van der Waals surface area contributed by atoms with Crippen molar-refractivity contribution in [3.63, 3.8) is 0 Å². The normalized spacial score (nSPS) is 10.9. The van der Waals surface area contributed by atoms with Crippen LogP contribution in [0.3, 0.4) is 0 Å². The van der Waals surface area contributed by atoms with Crippen molar-refractivity contribution in [2.75, 3.05) is 0 Å². The lowest BCUT2D eigenvalue weighted by Crippen LogP contribution is -1.94. The monoisotopic (exact) mass is 261 g/mol. The highest BCUT2D eigenvalue weighted by Crippen LogP contribution is 2.28. The first-order valence-electron chi connectivity index (χ1n) is 5.08. The maximum atomic E-state index is 6.13. The zero-order chi connectivity index (χ0) is 11.8. The van der Waals surface area contributed by atoms with Gasteiger partial charge in [-0.25, -0.2) is 9.97 Å². The van der Waals surface area contributed by atoms with Crippen LogP contribution in [0.4, 0.5) is 0 Å². The summed E-state index contributed by atoms with van der Waals surface area (Å²) in [5.41, 5.74) is 1.82. The molecule has 0 unspecified atom stereocenters. The number of hydrogen-bond acceptors (Lipinski definition) is 4. The SMILES string of the molecule is Cc1cccnc1-c1nc(Cl)c2ccsc2n1. The molecule has 0 aliphatic heterocycles. The van der Waals surface area contributed by atoms with Crippen LogP contribution in [0, 0.1) is 6.92 Å². The highest BCUT2D eigenvalue weighted by Gasteiger charge is 2.11. The highest BCUT2D eigenvalue weighted by molar-refractivity contribution is 7.16. The lowest BCUT2D eigenvalue weighted by atomic mass is 10.2. The lowest BCUT2D eigenvalue weighted by molar-refractivity contribution is 1.16. The molecule has 0 N–H and O–H groups in total. The lowest BCUT2D eigenvalue weighted by Gasteiger charge is -2.03. The minimum Gasteiger partial charge on any atom is -0.253 e. The summed E-state index contributed by atoms with van der Waals surface area (Å²) in [6, 6.07) is 5.81. The average Bonchev–Trinajstić information content (AvgIpc) is 2.78. The van der Waals surface area contributed by atoms with Crippen molar-refractivity contribution in [3.05, 3.63) is 40.5 Å². The van der Waals surface area contributed by atoms with Gasteiger partial charge in [0, 0.05) is 11.6 Å². The molecule has 0 aliphatic rings. The predicted octanol–water partition coefficient (Wildman–Crippen LogP) is 3.72. The fourth-order valence-corrected chi connectivity index (χ4v) is 2.70. The zero-order valence-corrected chi connectivity index (χ0v) is 10.6. The smallest absolute Gasteiger partial charge is 0.181 e. The number of halogens is 1. The van der Waals surface area contributed by atoms with E-state index >= 15 is 0 Å². The van der Waals surface area contributed by atoms with Crippen LogP contribution < -0.4 is 0 Å². The summed E-state index contributed by atoms with van der Waals surface area (Å²) in [7, 11) is 0. The van der Waals surface area contributed by atoms with E-state index in [9.17, 15) is 0 Å². The molecule has 0 amide bonds. The molecule has 3 heterocycles. The van der Waals surface area contributed by atoms with Gasteiger partial charge in [-0.05, 0) is 30.0 Å². The molecule has 0 aliphatic carbocycles. The van der Waals surface area contributed by atoms with Crippen molar-refractivity contribution in [3.8, 4) is 11.5 Å². The largest absolute Gasteiger partial charge is 0.253 e. The van der Waals surface area contributed by atoms with Crippen LogP contribution in [0.5, 0.6) is 0 Å². The Balaban J connectivity index is 2.28. The molecular weight excluding hydrogens is 254 g/mol. The average molecular weight is 262 g/mol. The van der Waals surface area contributed by atoms with E-state index in [0.717, 1.165) is 21.5 Å². The van der Waals surface area contributed by atoms with Gasteiger partial charge in [0.2, 0.25) is 0 Å². The van der Waals surface area contributed by atoms with E-state index in [4.69, 9.17) is 11.6 Å². The third kappa shape index (κ3) is 1.79. The van der Waals surface area contributed by atoms with Crippen LogP contribution in [0.2, 0.25) is 5.15 Å². The van der Waals surface area contributed by atoms with Crippen LogP contribution in [0.15, 0.2) is 29.8 Å². The van der Waals surface area contributed by atoms with Gasteiger partial charge in [0.05, 0.1) is 0 Å². The van der Waals surface area contributed by atoms with Crippen LogP contribution >= 0.6 is 22.9 Å². The molecule has 3 aromatic rings. The summed E-state index contributed by atoms with van der Waals surface area (Å²) >= 11 is 7.69. The fourth-order valence-electron chi connectivity index (χ4n) is 1.64. The molecule has 3 rings (SSSR count). The number of thiophene rings is 1. The van der Waals surface area contributed by atoms with Crippen molar-refractivity contribution in [1.29, 1.82) is 0 Å². The van der Waals surface area contributed by atoms with E-state index < -0.39 is 0 Å². The van der Waals surface area contributed by atoms with Gasteiger partial charge in [0.25, 0.3) is 0 Å². The molecule has 17 heavy (non-hydrogen) atoms. The Morgan fingerprint density at radius 3 is 2.94 bits per heavy atom. The van der Waals surface area contributed by atoms with Gasteiger partial charge >= 0.3 is 0 Å². The van der Waals surface area contributed by atoms with Gasteiger partial charge < -0.3 is 0 Å². The first-order chi connectivity index (χ1) is 8.25. The zero-order valence-electron chi connectivity index (χ0n) is 9.01. The van der Waals surface area contributed by atoms with E-state index in [-0.39, 0.29) is 0 Å². The summed E-state index contributed by atoms with van der Waals surface area (Å²) < 4.78 is 0. The highest BCUT2D eigenvalue weighted by atomic mass is 35.5. The van der Waals surface area contributed by atoms with E-state index in [1.54, 1.807) is 17.5 Å². The van der Waals surface area contributed by atoms with Gasteiger partial charge in [-0.15, -0.1) is 11.3 Å². The van der Waals surface area contributed by atoms with E-state index in [1.807, 2.05) is 30.5 Å². The number of pyridine rings is 1. The van der Waals surface area contributed by atoms with Crippen molar-refractivity contribution in [1.82, 2.24) is 15.0 Å². The molecule has 0 bridgehead atoms. The van der Waals surface area contributed by atoms with E-state index in [0.29, 0.717) is 11.0 Å². The molecular formula is C12H8ClN3S. The molecule has 0 saturated heterocycles. The molecule has 0 atom stereocenters. The number of aromatic nitrogens is 3. The van der Waals surface area contributed by atoms with E-state index in [1.165, 1.54) is 0 Å². The van der Waals surface area contributed by atoms with Gasteiger partial charge in [-0.1, -0.05) is 17.7 Å². The number of nitrogens with zero attached hydrogens (tertiary/aromatic N) is 3. The number of fused-ring (bicyclic) bond motifs is 1. The molecule has 3 nitrogen and oxygen atoms in total. The van der Waals surface area contributed by atoms with Crippen molar-refractivity contribution in [2.24, 2.45) is 0 Å². The summed E-state index contributed by atoms with van der Waals surface area (Å²) in [5.74, 6) is 0.586. The van der Waals surface area contributed by atoms with Crippen molar-refractivity contribution in [2.45, 2.75) is 6.92 Å². The molecule has 84 valence electrons. The Hall–Kier alpha value is -1.52. The minimum atomic E-state index is 0.483. The predicted molar refractivity (Wildman–Crippen MR) is 70.4 cm³/mol. The van der Waals surface area contributed by atoms with Crippen LogP contribution in [0.1, 0.15) is 5.56 Å². The third-order valence-electron chi connectivity index (χ3n) is 2.50. The molecule has 0 radical (unpaired) electrons. The summed E-state index contributed by atoms with van der Waals surface area (Å²) in [5, 5.41) is 3.34. The Kier molecular flexibility index (Phi) is 2.53. The van der Waals surface area contributed by atoms with E-state index in [2.05, 4.69) is 15.0 Å². The maximum absolute atomic E-state index is 6.13. The Labute approximate surface area is 107 Å². The first-order valence-corrected chi connectivity index (χ1v) is 6.34. The fraction of sp³-hybridized carbons (Fsp3) is 0.0833. The molecule has 0 saturated carbocycles. The summed E-state index contributed by atoms with van der Waals surface area (Å²) in [6.07, 6.45) is 1.73. The quantitative estimate of drug-likeness (QED) is 0.627. The molecule has 0 aromatic carbocycles. The third-order valence-corrected chi connectivity index (χ3v) is 3.59. The van der Waals surface area contributed by atoms with Crippen LogP contribution in [0.25, 0.3) is 21.7 Å². The van der Waals surface area contributed by atoms with Crippen LogP contribution in [-0.2, 0) is 0 Å². The number of aryl methyl sites for hydroxylation is 1.